The molecule has 3 nitrogen and oxygen atoms in total. The summed E-state index contributed by atoms with van der Waals surface area (Å²) in [5.74, 6) is 1.45. The third-order valence-corrected chi connectivity index (χ3v) is 9.37. The molecule has 30 heavy (non-hydrogen) atoms. The van der Waals surface area contributed by atoms with Crippen LogP contribution in [0.5, 0.6) is 0 Å². The summed E-state index contributed by atoms with van der Waals surface area (Å²) in [6, 6.07) is 9.03. The molecule has 0 amide bonds. The number of hydrogen-bond acceptors (Lipinski definition) is 3. The number of allylic oxidation sites excluding steroid dienone is 3. The van der Waals surface area contributed by atoms with Gasteiger partial charge in [0.1, 0.15) is 5.78 Å². The Labute approximate surface area is 192 Å². The van der Waals surface area contributed by atoms with Crippen LogP contribution in [0.4, 0.5) is 0 Å². The molecule has 3 fully saturated rings. The quantitative estimate of drug-likeness (QED) is 0.434. The Morgan fingerprint density at radius 3 is 2.57 bits per heavy atom. The predicted molar refractivity (Wildman–Crippen MR) is 124 cm³/mol. The minimum absolute atomic E-state index is 0.156. The van der Waals surface area contributed by atoms with E-state index in [1.165, 1.54) is 14.7 Å². The van der Waals surface area contributed by atoms with Crippen LogP contribution in [0.2, 0.25) is 0 Å². The third kappa shape index (κ3) is 2.86. The summed E-state index contributed by atoms with van der Waals surface area (Å²) in [6.45, 7) is 3.67. The Morgan fingerprint density at radius 2 is 1.80 bits per heavy atom. The lowest BCUT2D eigenvalue weighted by Crippen LogP contribution is -2.44. The van der Waals surface area contributed by atoms with Crippen LogP contribution in [0.1, 0.15) is 63.4 Å². The van der Waals surface area contributed by atoms with Gasteiger partial charge in [-0.25, -0.2) is 0 Å². The van der Waals surface area contributed by atoms with Gasteiger partial charge in [0, 0.05) is 27.7 Å². The topological polar surface area (TPSA) is 35.5 Å². The van der Waals surface area contributed by atoms with Crippen LogP contribution < -0.4 is 0 Å². The van der Waals surface area contributed by atoms with Gasteiger partial charge in [-0.3, -0.25) is 4.79 Å². The van der Waals surface area contributed by atoms with E-state index in [2.05, 4.69) is 59.9 Å². The molecule has 4 aliphatic carbocycles. The Bertz CT molecular complexity index is 953. The normalized spacial score (nSPS) is 37.1. The van der Waals surface area contributed by atoms with Crippen LogP contribution in [0.25, 0.3) is 0 Å². The number of Topliss-reactive ketones (excluding diaryl/α,β-unsaturated/α-hetero) is 1. The van der Waals surface area contributed by atoms with E-state index in [0.29, 0.717) is 36.8 Å². The van der Waals surface area contributed by atoms with Crippen LogP contribution in [0.15, 0.2) is 47.1 Å². The van der Waals surface area contributed by atoms with Crippen molar-refractivity contribution in [1.82, 2.24) is 0 Å². The first-order valence-corrected chi connectivity index (χ1v) is 12.6. The highest BCUT2D eigenvalue weighted by atomic mass is 127. The minimum atomic E-state index is -0.475. The molecule has 0 N–H and O–H groups in total. The summed E-state index contributed by atoms with van der Waals surface area (Å²) in [6.07, 6.45) is 9.34. The molecule has 2 saturated carbocycles. The Kier molecular flexibility index (Phi) is 4.60. The molecule has 4 heteroatoms. The molecule has 3 unspecified atom stereocenters. The monoisotopic (exact) mass is 516 g/mol. The molecule has 1 spiro atoms. The summed E-state index contributed by atoms with van der Waals surface area (Å²) in [7, 11) is 0. The zero-order chi connectivity index (χ0) is 20.5. The van der Waals surface area contributed by atoms with E-state index in [0.717, 1.165) is 44.9 Å². The molecule has 6 rings (SSSR count). The zero-order valence-electron chi connectivity index (χ0n) is 17.6. The third-order valence-electron chi connectivity index (χ3n) is 8.65. The summed E-state index contributed by atoms with van der Waals surface area (Å²) in [5.41, 5.74) is 5.91. The van der Waals surface area contributed by atoms with Crippen LogP contribution >= 0.6 is 22.6 Å². The number of ether oxygens (including phenoxy) is 2. The Balaban J connectivity index is 1.50. The molecular formula is C26H29IO3. The number of benzene rings is 1. The zero-order valence-corrected chi connectivity index (χ0v) is 19.7. The lowest BCUT2D eigenvalue weighted by molar-refractivity contribution is -0.128. The highest BCUT2D eigenvalue weighted by Crippen LogP contribution is 2.63. The minimum Gasteiger partial charge on any atom is -0.344 e. The van der Waals surface area contributed by atoms with Gasteiger partial charge in [-0.2, -0.15) is 0 Å². The fourth-order valence-electron chi connectivity index (χ4n) is 7.25. The molecule has 0 bridgehead atoms. The lowest BCUT2D eigenvalue weighted by atomic mass is 9.53. The van der Waals surface area contributed by atoms with Crippen LogP contribution in [0.3, 0.4) is 0 Å². The fourth-order valence-corrected chi connectivity index (χ4v) is 7.61. The molecular weight excluding hydrogens is 487 g/mol. The number of halogens is 1. The second kappa shape index (κ2) is 7.01. The van der Waals surface area contributed by atoms with Gasteiger partial charge < -0.3 is 9.47 Å². The summed E-state index contributed by atoms with van der Waals surface area (Å²) >= 11 is 2.38. The van der Waals surface area contributed by atoms with Crippen LogP contribution in [-0.2, 0) is 14.3 Å². The van der Waals surface area contributed by atoms with Crippen LogP contribution in [0, 0.1) is 20.8 Å². The van der Waals surface area contributed by atoms with Crippen molar-refractivity contribution < 1.29 is 14.3 Å². The Hall–Kier alpha value is -0.980. The van der Waals surface area contributed by atoms with Gasteiger partial charge in [-0.05, 0) is 101 Å². The SMILES string of the molecule is C[C@]12CC(c3ccc(I)cc3)C3=C4CCC5(C=C4CCC3C1CCC2=O)OCCO5. The number of rotatable bonds is 1. The summed E-state index contributed by atoms with van der Waals surface area (Å²) < 4.78 is 13.3. The molecule has 1 heterocycles. The van der Waals surface area contributed by atoms with E-state index in [9.17, 15) is 4.79 Å². The standard InChI is InChI=1S/C26H29IO3/c1-25-15-21(16-2-5-18(27)6-3-16)24-19-10-11-26(29-12-13-30-26)14-17(19)4-7-20(24)22(25)8-9-23(25)28/h2-3,5-6,14,20-22H,4,7-13,15H2,1H3/t20?,21?,22?,25-/m0/s1. The van der Waals surface area contributed by atoms with Gasteiger partial charge >= 0.3 is 0 Å². The van der Waals surface area contributed by atoms with E-state index in [-0.39, 0.29) is 5.41 Å². The second-order valence-corrected chi connectivity index (χ2v) is 11.3. The molecule has 4 atom stereocenters. The van der Waals surface area contributed by atoms with Gasteiger partial charge in [0.05, 0.1) is 13.2 Å². The lowest BCUT2D eigenvalue weighted by Gasteiger charge is -2.50. The average Bonchev–Trinajstić information content (AvgIpc) is 3.32. The number of hydrogen-bond donors (Lipinski definition) is 0. The van der Waals surface area contributed by atoms with Crippen molar-refractivity contribution in [3.8, 4) is 0 Å². The van der Waals surface area contributed by atoms with Crippen molar-refractivity contribution >= 4 is 28.4 Å². The van der Waals surface area contributed by atoms with Gasteiger partial charge in [-0.1, -0.05) is 24.6 Å². The molecule has 158 valence electrons. The molecule has 1 aliphatic heterocycles. The highest BCUT2D eigenvalue weighted by Gasteiger charge is 2.56. The van der Waals surface area contributed by atoms with Gasteiger partial charge in [-0.15, -0.1) is 0 Å². The van der Waals surface area contributed by atoms with E-state index in [1.54, 1.807) is 11.1 Å². The van der Waals surface area contributed by atoms with E-state index in [1.807, 2.05) is 0 Å². The Morgan fingerprint density at radius 1 is 1.03 bits per heavy atom. The first-order valence-electron chi connectivity index (χ1n) is 11.5. The molecule has 1 aromatic rings. The number of fused-ring (bicyclic) bond motifs is 4. The van der Waals surface area contributed by atoms with E-state index < -0.39 is 5.79 Å². The highest BCUT2D eigenvalue weighted by molar-refractivity contribution is 14.1. The van der Waals surface area contributed by atoms with Crippen molar-refractivity contribution in [2.75, 3.05) is 13.2 Å². The summed E-state index contributed by atoms with van der Waals surface area (Å²) in [4.78, 5) is 13.0. The molecule has 5 aliphatic rings. The maximum atomic E-state index is 13.0. The number of carbonyl (C=O) groups is 1. The van der Waals surface area contributed by atoms with Crippen LogP contribution in [-0.4, -0.2) is 24.8 Å². The largest absolute Gasteiger partial charge is 0.344 e. The van der Waals surface area contributed by atoms with Crippen molar-refractivity contribution in [2.24, 2.45) is 17.3 Å². The molecule has 1 saturated heterocycles. The smallest absolute Gasteiger partial charge is 0.188 e. The van der Waals surface area contributed by atoms with E-state index in [4.69, 9.17) is 9.47 Å². The molecule has 1 aromatic carbocycles. The number of carbonyl (C=O) groups excluding carboxylic acids is 1. The molecule has 0 radical (unpaired) electrons. The van der Waals surface area contributed by atoms with Crippen molar-refractivity contribution in [3.63, 3.8) is 0 Å². The molecule has 0 aromatic heterocycles. The van der Waals surface area contributed by atoms with Gasteiger partial charge in [0.2, 0.25) is 0 Å². The summed E-state index contributed by atoms with van der Waals surface area (Å²) in [5, 5.41) is 0. The van der Waals surface area contributed by atoms with Gasteiger partial charge in [0.25, 0.3) is 0 Å². The van der Waals surface area contributed by atoms with Crippen molar-refractivity contribution in [3.05, 3.63) is 56.2 Å². The maximum Gasteiger partial charge on any atom is 0.188 e. The fraction of sp³-hybridized carbons (Fsp3) is 0.577. The first kappa shape index (κ1) is 19.7. The van der Waals surface area contributed by atoms with E-state index >= 15 is 0 Å². The second-order valence-electron chi connectivity index (χ2n) is 10.1. The average molecular weight is 516 g/mol. The number of ketones is 1. The predicted octanol–water partition coefficient (Wildman–Crippen LogP) is 5.93. The van der Waals surface area contributed by atoms with Gasteiger partial charge in [0.15, 0.2) is 5.79 Å². The van der Waals surface area contributed by atoms with Crippen molar-refractivity contribution in [2.45, 2.75) is 63.6 Å². The van der Waals surface area contributed by atoms with Crippen molar-refractivity contribution in [1.29, 1.82) is 0 Å². The first-order chi connectivity index (χ1) is 14.5. The maximum absolute atomic E-state index is 13.0.